The Morgan fingerprint density at radius 1 is 1.14 bits per heavy atom. The van der Waals surface area contributed by atoms with Gasteiger partial charge in [-0.2, -0.15) is 0 Å². The van der Waals surface area contributed by atoms with Crippen molar-refractivity contribution in [1.82, 2.24) is 4.90 Å². The predicted molar refractivity (Wildman–Crippen MR) is 115 cm³/mol. The Hall–Kier alpha value is -2.82. The number of hydrogen-bond donors (Lipinski definition) is 0. The fourth-order valence-electron chi connectivity index (χ4n) is 3.61. The summed E-state index contributed by atoms with van der Waals surface area (Å²) in [5, 5.41) is 3.99. The van der Waals surface area contributed by atoms with Crippen molar-refractivity contribution in [2.24, 2.45) is 11.1 Å². The zero-order chi connectivity index (χ0) is 20.5. The molecule has 0 aromatic heterocycles. The predicted octanol–water partition coefficient (Wildman–Crippen LogP) is 4.31. The lowest BCUT2D eigenvalue weighted by Gasteiger charge is -2.33. The zero-order valence-electron chi connectivity index (χ0n) is 17.3. The van der Waals surface area contributed by atoms with E-state index in [2.05, 4.69) is 29.4 Å². The van der Waals surface area contributed by atoms with Crippen LogP contribution in [0.3, 0.4) is 0 Å². The first-order chi connectivity index (χ1) is 14.2. The Kier molecular flexibility index (Phi) is 7.68. The summed E-state index contributed by atoms with van der Waals surface area (Å²) in [6, 6.07) is 18.2. The highest BCUT2D eigenvalue weighted by molar-refractivity contribution is 5.81. The van der Waals surface area contributed by atoms with Crippen molar-refractivity contribution in [2.45, 2.75) is 39.2 Å². The van der Waals surface area contributed by atoms with E-state index in [0.29, 0.717) is 12.5 Å². The summed E-state index contributed by atoms with van der Waals surface area (Å²) in [6.07, 6.45) is 4.18. The molecule has 1 fully saturated rings. The molecule has 1 unspecified atom stereocenters. The molecule has 1 saturated heterocycles. The minimum Gasteiger partial charge on any atom is -0.494 e. The summed E-state index contributed by atoms with van der Waals surface area (Å²) in [4.78, 5) is 19.9. The van der Waals surface area contributed by atoms with Crippen LogP contribution in [-0.4, -0.2) is 42.8 Å². The molecule has 29 heavy (non-hydrogen) atoms. The number of nitrogens with zero attached hydrogens (tertiary/aromatic N) is 2. The first-order valence-electron chi connectivity index (χ1n) is 10.4. The second-order valence-corrected chi connectivity index (χ2v) is 7.44. The fourth-order valence-corrected chi connectivity index (χ4v) is 3.61. The maximum atomic E-state index is 12.6. The zero-order valence-corrected chi connectivity index (χ0v) is 17.3. The highest BCUT2D eigenvalue weighted by Crippen LogP contribution is 2.22. The molecule has 5 heteroatoms. The molecule has 5 nitrogen and oxygen atoms in total. The van der Waals surface area contributed by atoms with Crippen LogP contribution >= 0.6 is 0 Å². The minimum absolute atomic E-state index is 0.00649. The number of piperidine rings is 1. The van der Waals surface area contributed by atoms with Gasteiger partial charge in [0.15, 0.2) is 0 Å². The van der Waals surface area contributed by atoms with Crippen LogP contribution in [0.5, 0.6) is 5.75 Å². The van der Waals surface area contributed by atoms with Crippen LogP contribution in [-0.2, 0) is 16.1 Å². The molecule has 0 aliphatic carbocycles. The van der Waals surface area contributed by atoms with Crippen LogP contribution in [0.1, 0.15) is 37.8 Å². The third-order valence-electron chi connectivity index (χ3n) is 5.25. The van der Waals surface area contributed by atoms with Gasteiger partial charge in [0.05, 0.1) is 12.8 Å². The van der Waals surface area contributed by atoms with Gasteiger partial charge < -0.3 is 14.5 Å². The molecule has 1 atom stereocenters. The molecule has 2 aromatic rings. The molecular weight excluding hydrogens is 364 g/mol. The number of carbonyl (C=O) groups is 1. The number of amides is 1. The van der Waals surface area contributed by atoms with Crippen LogP contribution in [0.4, 0.5) is 0 Å². The van der Waals surface area contributed by atoms with E-state index < -0.39 is 6.10 Å². The molecule has 1 aliphatic heterocycles. The molecule has 1 aliphatic rings. The van der Waals surface area contributed by atoms with E-state index in [9.17, 15) is 4.79 Å². The average molecular weight is 395 g/mol. The van der Waals surface area contributed by atoms with Crippen molar-refractivity contribution in [2.75, 3.05) is 19.7 Å². The van der Waals surface area contributed by atoms with E-state index in [4.69, 9.17) is 9.57 Å². The molecule has 0 saturated carbocycles. The smallest absolute Gasteiger partial charge is 0.266 e. The Morgan fingerprint density at radius 2 is 1.83 bits per heavy atom. The second kappa shape index (κ2) is 10.6. The van der Waals surface area contributed by atoms with Gasteiger partial charge in [0.25, 0.3) is 5.91 Å². The molecule has 154 valence electrons. The number of oxime groups is 1. The molecule has 1 heterocycles. The van der Waals surface area contributed by atoms with Gasteiger partial charge in [0.2, 0.25) is 6.10 Å². The van der Waals surface area contributed by atoms with Crippen molar-refractivity contribution in [3.05, 3.63) is 65.7 Å². The number of carbonyl (C=O) groups excluding carboxylic acids is 1. The summed E-state index contributed by atoms with van der Waals surface area (Å²) < 4.78 is 5.42. The molecule has 2 aromatic carbocycles. The SMILES string of the molecule is CCOc1ccc(/C=N/OC(C)C(=O)N2CCC(Cc3ccccc3)CC2)cc1. The Labute approximate surface area is 173 Å². The van der Waals surface area contributed by atoms with Gasteiger partial charge in [-0.25, -0.2) is 0 Å². The normalized spacial score (nSPS) is 16.0. The molecule has 1 amide bonds. The summed E-state index contributed by atoms with van der Waals surface area (Å²) in [5.41, 5.74) is 2.27. The molecule has 0 spiro atoms. The third-order valence-corrected chi connectivity index (χ3v) is 5.25. The minimum atomic E-state index is -0.584. The van der Waals surface area contributed by atoms with Crippen molar-refractivity contribution >= 4 is 12.1 Å². The lowest BCUT2D eigenvalue weighted by Crippen LogP contribution is -2.43. The van der Waals surface area contributed by atoms with Crippen molar-refractivity contribution in [3.63, 3.8) is 0 Å². The van der Waals surface area contributed by atoms with E-state index in [1.165, 1.54) is 5.56 Å². The number of benzene rings is 2. The molecule has 0 N–H and O–H groups in total. The maximum Gasteiger partial charge on any atom is 0.266 e. The summed E-state index contributed by atoms with van der Waals surface area (Å²) in [5.74, 6) is 1.46. The number of hydrogen-bond acceptors (Lipinski definition) is 4. The van der Waals surface area contributed by atoms with E-state index in [1.54, 1.807) is 13.1 Å². The van der Waals surface area contributed by atoms with Gasteiger partial charge in [0, 0.05) is 13.1 Å². The van der Waals surface area contributed by atoms with Crippen molar-refractivity contribution in [3.8, 4) is 5.75 Å². The second-order valence-electron chi connectivity index (χ2n) is 7.44. The third kappa shape index (κ3) is 6.34. The topological polar surface area (TPSA) is 51.1 Å². The first kappa shape index (κ1) is 20.9. The standard InChI is InChI=1S/C24H30N2O3/c1-3-28-23-11-9-22(10-12-23)18-25-29-19(2)24(27)26-15-13-21(14-16-26)17-20-7-5-4-6-8-20/h4-12,18-19,21H,3,13-17H2,1-2H3/b25-18+. The van der Waals surface area contributed by atoms with Crippen molar-refractivity contribution < 1.29 is 14.4 Å². The largest absolute Gasteiger partial charge is 0.494 e. The summed E-state index contributed by atoms with van der Waals surface area (Å²) in [7, 11) is 0. The van der Waals surface area contributed by atoms with Gasteiger partial charge in [-0.1, -0.05) is 35.5 Å². The highest BCUT2D eigenvalue weighted by atomic mass is 16.6. The van der Waals surface area contributed by atoms with Crippen LogP contribution in [0.2, 0.25) is 0 Å². The van der Waals surface area contributed by atoms with Gasteiger partial charge in [-0.3, -0.25) is 4.79 Å². The average Bonchev–Trinajstić information content (AvgIpc) is 2.76. The van der Waals surface area contributed by atoms with E-state index in [-0.39, 0.29) is 5.91 Å². The fraction of sp³-hybridized carbons (Fsp3) is 0.417. The number of rotatable bonds is 8. The van der Waals surface area contributed by atoms with E-state index in [0.717, 1.165) is 43.7 Å². The van der Waals surface area contributed by atoms with E-state index >= 15 is 0 Å². The summed E-state index contributed by atoms with van der Waals surface area (Å²) in [6.45, 7) is 5.92. The van der Waals surface area contributed by atoms with Crippen LogP contribution < -0.4 is 4.74 Å². The lowest BCUT2D eigenvalue weighted by molar-refractivity contribution is -0.144. The number of ether oxygens (including phenoxy) is 1. The highest BCUT2D eigenvalue weighted by Gasteiger charge is 2.27. The summed E-state index contributed by atoms with van der Waals surface area (Å²) >= 11 is 0. The first-order valence-corrected chi connectivity index (χ1v) is 10.4. The molecule has 0 radical (unpaired) electrons. The van der Waals surface area contributed by atoms with Gasteiger partial charge in [-0.15, -0.1) is 0 Å². The lowest BCUT2D eigenvalue weighted by atomic mass is 9.90. The molecular formula is C24H30N2O3. The van der Waals surface area contributed by atoms with E-state index in [1.807, 2.05) is 42.2 Å². The van der Waals surface area contributed by atoms with Crippen molar-refractivity contribution in [1.29, 1.82) is 0 Å². The molecule has 3 rings (SSSR count). The Balaban J connectivity index is 1.42. The quantitative estimate of drug-likeness (QED) is 0.495. The monoisotopic (exact) mass is 394 g/mol. The van der Waals surface area contributed by atoms with Gasteiger partial charge in [0.1, 0.15) is 5.75 Å². The molecule has 0 bridgehead atoms. The van der Waals surface area contributed by atoms with Crippen LogP contribution in [0.15, 0.2) is 59.8 Å². The maximum absolute atomic E-state index is 12.6. The Morgan fingerprint density at radius 3 is 2.48 bits per heavy atom. The Bertz CT molecular complexity index is 782. The van der Waals surface area contributed by atoms with Gasteiger partial charge >= 0.3 is 0 Å². The van der Waals surface area contributed by atoms with Gasteiger partial charge in [-0.05, 0) is 74.4 Å². The van der Waals surface area contributed by atoms with Crippen LogP contribution in [0, 0.1) is 5.92 Å². The van der Waals surface area contributed by atoms with Crippen LogP contribution in [0.25, 0.3) is 0 Å². The number of likely N-dealkylation sites (tertiary alicyclic amines) is 1.